The summed E-state index contributed by atoms with van der Waals surface area (Å²) in [6.07, 6.45) is 0. The van der Waals surface area contributed by atoms with Crippen molar-refractivity contribution in [3.05, 3.63) is 68.1 Å². The molecule has 3 rings (SSSR count). The molecule has 0 aliphatic heterocycles. The SMILES string of the molecule is N#CCn1c(=O)oc2cc(C(=O)c3ccc(Cl)c(Cl)c3)ccc21. The summed E-state index contributed by atoms with van der Waals surface area (Å²) in [4.78, 5) is 24.2. The number of halogens is 2. The Bertz CT molecular complexity index is 1030. The molecular weight excluding hydrogens is 339 g/mol. The molecule has 1 aromatic heterocycles. The number of ketones is 1. The van der Waals surface area contributed by atoms with E-state index in [-0.39, 0.29) is 22.9 Å². The maximum atomic E-state index is 12.5. The third-order valence-corrected chi connectivity index (χ3v) is 4.08. The molecule has 23 heavy (non-hydrogen) atoms. The zero-order valence-electron chi connectivity index (χ0n) is 11.5. The van der Waals surface area contributed by atoms with Gasteiger partial charge in [-0.25, -0.2) is 4.79 Å². The Labute approximate surface area is 140 Å². The lowest BCUT2D eigenvalue weighted by Gasteiger charge is -2.03. The first kappa shape index (κ1) is 15.3. The van der Waals surface area contributed by atoms with E-state index in [2.05, 4.69) is 0 Å². The van der Waals surface area contributed by atoms with Crippen molar-refractivity contribution in [2.24, 2.45) is 0 Å². The van der Waals surface area contributed by atoms with E-state index < -0.39 is 5.76 Å². The van der Waals surface area contributed by atoms with Crippen LogP contribution in [0.4, 0.5) is 0 Å². The summed E-state index contributed by atoms with van der Waals surface area (Å²) in [7, 11) is 0. The third kappa shape index (κ3) is 2.74. The van der Waals surface area contributed by atoms with Crippen LogP contribution in [0, 0.1) is 11.3 Å². The van der Waals surface area contributed by atoms with E-state index in [1.807, 2.05) is 6.07 Å². The fraction of sp³-hybridized carbons (Fsp3) is 0.0625. The lowest BCUT2D eigenvalue weighted by atomic mass is 10.0. The molecule has 7 heteroatoms. The minimum Gasteiger partial charge on any atom is -0.408 e. The minimum absolute atomic E-state index is 0.119. The van der Waals surface area contributed by atoms with Crippen LogP contribution in [-0.4, -0.2) is 10.4 Å². The topological polar surface area (TPSA) is 76.0 Å². The average molecular weight is 347 g/mol. The molecule has 3 aromatic rings. The summed E-state index contributed by atoms with van der Waals surface area (Å²) >= 11 is 11.8. The van der Waals surface area contributed by atoms with Crippen molar-refractivity contribution in [1.82, 2.24) is 4.57 Å². The predicted octanol–water partition coefficient (Wildman–Crippen LogP) is 3.66. The molecule has 0 fully saturated rings. The molecular formula is C16H8Cl2N2O3. The number of benzene rings is 2. The highest BCUT2D eigenvalue weighted by Crippen LogP contribution is 2.24. The third-order valence-electron chi connectivity index (χ3n) is 3.34. The van der Waals surface area contributed by atoms with Gasteiger partial charge < -0.3 is 4.42 Å². The van der Waals surface area contributed by atoms with Gasteiger partial charge in [0.1, 0.15) is 6.54 Å². The summed E-state index contributed by atoms with van der Waals surface area (Å²) in [6.45, 7) is -0.119. The summed E-state index contributed by atoms with van der Waals surface area (Å²) in [5.74, 6) is -0.915. The van der Waals surface area contributed by atoms with Gasteiger partial charge in [-0.2, -0.15) is 5.26 Å². The zero-order valence-corrected chi connectivity index (χ0v) is 13.1. The highest BCUT2D eigenvalue weighted by molar-refractivity contribution is 6.42. The molecule has 0 atom stereocenters. The lowest BCUT2D eigenvalue weighted by molar-refractivity contribution is 0.103. The molecule has 0 amide bonds. The van der Waals surface area contributed by atoms with Crippen LogP contribution in [0.2, 0.25) is 10.0 Å². The number of rotatable bonds is 3. The van der Waals surface area contributed by atoms with Crippen LogP contribution in [0.25, 0.3) is 11.1 Å². The molecule has 1 heterocycles. The van der Waals surface area contributed by atoms with E-state index in [0.717, 1.165) is 0 Å². The van der Waals surface area contributed by atoms with Gasteiger partial charge in [0.25, 0.3) is 0 Å². The second kappa shape index (κ2) is 5.92. The Kier molecular flexibility index (Phi) is 3.95. The zero-order chi connectivity index (χ0) is 16.6. The maximum absolute atomic E-state index is 12.5. The maximum Gasteiger partial charge on any atom is 0.420 e. The van der Waals surface area contributed by atoms with Crippen molar-refractivity contribution in [3.8, 4) is 6.07 Å². The van der Waals surface area contributed by atoms with Gasteiger partial charge in [0.05, 0.1) is 21.6 Å². The molecule has 2 aromatic carbocycles. The number of fused-ring (bicyclic) bond motifs is 1. The first-order valence-corrected chi connectivity index (χ1v) is 7.27. The van der Waals surface area contributed by atoms with Gasteiger partial charge in [0.2, 0.25) is 0 Å². The molecule has 0 N–H and O–H groups in total. The van der Waals surface area contributed by atoms with Gasteiger partial charge in [-0.05, 0) is 36.4 Å². The van der Waals surface area contributed by atoms with Crippen LogP contribution in [-0.2, 0) is 6.54 Å². The number of carbonyl (C=O) groups is 1. The summed E-state index contributed by atoms with van der Waals surface area (Å²) in [6, 6.07) is 11.1. The van der Waals surface area contributed by atoms with E-state index in [1.54, 1.807) is 24.3 Å². The minimum atomic E-state index is -0.638. The largest absolute Gasteiger partial charge is 0.420 e. The first-order chi connectivity index (χ1) is 11.0. The fourth-order valence-electron chi connectivity index (χ4n) is 2.23. The van der Waals surface area contributed by atoms with Crippen molar-refractivity contribution in [3.63, 3.8) is 0 Å². The molecule has 0 saturated carbocycles. The smallest absolute Gasteiger partial charge is 0.408 e. The highest BCUT2D eigenvalue weighted by Gasteiger charge is 2.15. The molecule has 0 unspecified atom stereocenters. The van der Waals surface area contributed by atoms with Crippen LogP contribution in [0.3, 0.4) is 0 Å². The fourth-order valence-corrected chi connectivity index (χ4v) is 2.53. The lowest BCUT2D eigenvalue weighted by Crippen LogP contribution is -2.12. The van der Waals surface area contributed by atoms with Crippen LogP contribution in [0.15, 0.2) is 45.6 Å². The Morgan fingerprint density at radius 2 is 1.83 bits per heavy atom. The second-order valence-electron chi connectivity index (χ2n) is 4.75. The standard InChI is InChI=1S/C16H8Cl2N2O3/c17-11-3-1-9(7-12(11)18)15(21)10-2-4-13-14(8-10)23-16(22)20(13)6-5-19/h1-4,7-8H,6H2. The van der Waals surface area contributed by atoms with Gasteiger partial charge in [0.15, 0.2) is 11.4 Å². The van der Waals surface area contributed by atoms with Crippen molar-refractivity contribution < 1.29 is 9.21 Å². The number of aromatic nitrogens is 1. The van der Waals surface area contributed by atoms with Crippen LogP contribution >= 0.6 is 23.2 Å². The van der Waals surface area contributed by atoms with E-state index in [1.165, 1.54) is 16.7 Å². The predicted molar refractivity (Wildman–Crippen MR) is 86.0 cm³/mol. The van der Waals surface area contributed by atoms with Crippen molar-refractivity contribution in [2.75, 3.05) is 0 Å². The monoisotopic (exact) mass is 346 g/mol. The molecule has 0 bridgehead atoms. The number of nitrogens with zero attached hydrogens (tertiary/aromatic N) is 2. The van der Waals surface area contributed by atoms with E-state index in [4.69, 9.17) is 32.9 Å². The molecule has 0 radical (unpaired) electrons. The second-order valence-corrected chi connectivity index (χ2v) is 5.57. The van der Waals surface area contributed by atoms with E-state index in [9.17, 15) is 9.59 Å². The molecule has 114 valence electrons. The van der Waals surface area contributed by atoms with E-state index in [0.29, 0.717) is 21.7 Å². The Hall–Kier alpha value is -2.55. The summed E-state index contributed by atoms with van der Waals surface area (Å²) < 4.78 is 6.28. The Morgan fingerprint density at radius 1 is 1.13 bits per heavy atom. The van der Waals surface area contributed by atoms with Crippen molar-refractivity contribution >= 4 is 40.1 Å². The summed E-state index contributed by atoms with van der Waals surface area (Å²) in [5.41, 5.74) is 1.42. The van der Waals surface area contributed by atoms with Gasteiger partial charge in [-0.15, -0.1) is 0 Å². The number of nitriles is 1. The molecule has 0 aliphatic rings. The normalized spacial score (nSPS) is 10.7. The Balaban J connectivity index is 2.07. The van der Waals surface area contributed by atoms with Crippen molar-refractivity contribution in [1.29, 1.82) is 5.26 Å². The van der Waals surface area contributed by atoms with Gasteiger partial charge in [-0.3, -0.25) is 9.36 Å². The number of hydrogen-bond acceptors (Lipinski definition) is 4. The molecule has 0 aliphatic carbocycles. The highest BCUT2D eigenvalue weighted by atomic mass is 35.5. The Morgan fingerprint density at radius 3 is 2.52 bits per heavy atom. The quantitative estimate of drug-likeness (QED) is 0.678. The molecule has 5 nitrogen and oxygen atoms in total. The number of hydrogen-bond donors (Lipinski definition) is 0. The first-order valence-electron chi connectivity index (χ1n) is 6.51. The van der Waals surface area contributed by atoms with Gasteiger partial charge >= 0.3 is 5.76 Å². The molecule has 0 spiro atoms. The van der Waals surface area contributed by atoms with Gasteiger partial charge in [0, 0.05) is 11.1 Å². The van der Waals surface area contributed by atoms with Gasteiger partial charge in [-0.1, -0.05) is 23.2 Å². The summed E-state index contributed by atoms with van der Waals surface area (Å²) in [5, 5.41) is 9.38. The van der Waals surface area contributed by atoms with Crippen LogP contribution in [0.5, 0.6) is 0 Å². The number of oxazole rings is 1. The van der Waals surface area contributed by atoms with Crippen LogP contribution < -0.4 is 5.76 Å². The van der Waals surface area contributed by atoms with Crippen molar-refractivity contribution in [2.45, 2.75) is 6.54 Å². The van der Waals surface area contributed by atoms with E-state index >= 15 is 0 Å². The van der Waals surface area contributed by atoms with Crippen LogP contribution in [0.1, 0.15) is 15.9 Å². The number of carbonyl (C=O) groups excluding carboxylic acids is 1. The molecule has 0 saturated heterocycles. The average Bonchev–Trinajstić information content (AvgIpc) is 2.85.